The molecule has 2 aliphatic heterocycles. The Morgan fingerprint density at radius 3 is 2.54 bits per heavy atom. The number of hydrogen-bond donors (Lipinski definition) is 2. The summed E-state index contributed by atoms with van der Waals surface area (Å²) in [5, 5.41) is 21.7. The van der Waals surface area contributed by atoms with Crippen molar-refractivity contribution in [1.29, 1.82) is 0 Å². The van der Waals surface area contributed by atoms with Crippen LogP contribution in [0.2, 0.25) is 0 Å². The summed E-state index contributed by atoms with van der Waals surface area (Å²) in [6, 6.07) is 0. The first-order valence-corrected chi connectivity index (χ1v) is 14.5. The third-order valence-electron chi connectivity index (χ3n) is 12.3. The van der Waals surface area contributed by atoms with E-state index in [1.54, 1.807) is 6.92 Å². The Labute approximate surface area is 226 Å². The highest BCUT2D eigenvalue weighted by Crippen LogP contribution is 2.72. The van der Waals surface area contributed by atoms with Crippen molar-refractivity contribution in [2.45, 2.75) is 94.7 Å². The van der Waals surface area contributed by atoms with E-state index in [2.05, 4.69) is 0 Å². The van der Waals surface area contributed by atoms with Gasteiger partial charge in [0, 0.05) is 35.9 Å². The average Bonchev–Trinajstić information content (AvgIpc) is 3.39. The lowest BCUT2D eigenvalue weighted by Crippen LogP contribution is -2.71. The minimum Gasteiger partial charge on any atom is -0.390 e. The van der Waals surface area contributed by atoms with Crippen molar-refractivity contribution in [2.75, 3.05) is 19.8 Å². The molecule has 9 heteroatoms. The van der Waals surface area contributed by atoms with Crippen molar-refractivity contribution < 1.29 is 42.8 Å². The number of aliphatic hydroxyl groups excluding tert-OH is 2. The van der Waals surface area contributed by atoms with E-state index in [0.29, 0.717) is 0 Å². The van der Waals surface area contributed by atoms with Gasteiger partial charge in [-0.15, -0.1) is 0 Å². The predicted octanol–water partition coefficient (Wildman–Crippen LogP) is 3.16. The summed E-state index contributed by atoms with van der Waals surface area (Å²) in [7, 11) is 0. The SMILES string of the molecule is C[C@]12C=CC(=O)C=C1[C@@H](F)C[C@H]1[C@@H]3C[C@H]4O[C@@H](C5CC6(CCOCC6)C5)O[C@@]4(C(=O)CO)[C@@]3(C)C[C@H](O)[C@@]12F. The van der Waals surface area contributed by atoms with Crippen molar-refractivity contribution in [3.8, 4) is 0 Å². The summed E-state index contributed by atoms with van der Waals surface area (Å²) in [6.07, 6.45) is 3.18. The van der Waals surface area contributed by atoms with Crippen LogP contribution in [0.25, 0.3) is 0 Å². The van der Waals surface area contributed by atoms with E-state index in [0.717, 1.165) is 38.9 Å². The van der Waals surface area contributed by atoms with Crippen molar-refractivity contribution >= 4 is 11.6 Å². The van der Waals surface area contributed by atoms with Crippen LogP contribution in [0, 0.1) is 34.0 Å². The maximum Gasteiger partial charge on any atom is 0.193 e. The van der Waals surface area contributed by atoms with Crippen LogP contribution in [0.4, 0.5) is 8.78 Å². The van der Waals surface area contributed by atoms with Gasteiger partial charge in [0.1, 0.15) is 12.8 Å². The first-order valence-electron chi connectivity index (χ1n) is 14.5. The summed E-state index contributed by atoms with van der Waals surface area (Å²) in [6.45, 7) is 4.11. The van der Waals surface area contributed by atoms with Crippen molar-refractivity contribution in [3.63, 3.8) is 0 Å². The molecule has 1 spiro atoms. The Balaban J connectivity index is 1.23. The third kappa shape index (κ3) is 3.09. The summed E-state index contributed by atoms with van der Waals surface area (Å²) in [5.74, 6) is -2.28. The fourth-order valence-electron chi connectivity index (χ4n) is 10.3. The molecule has 7 rings (SSSR count). The van der Waals surface area contributed by atoms with Crippen molar-refractivity contribution in [1.82, 2.24) is 0 Å². The van der Waals surface area contributed by atoms with Gasteiger partial charge in [0.2, 0.25) is 0 Å². The second-order valence-corrected chi connectivity index (χ2v) is 13.8. The molecule has 0 aromatic carbocycles. The van der Waals surface area contributed by atoms with Gasteiger partial charge in [-0.25, -0.2) is 8.78 Å². The van der Waals surface area contributed by atoms with Crippen LogP contribution in [0.1, 0.15) is 58.8 Å². The fraction of sp³-hybridized carbons (Fsp3) is 0.800. The highest BCUT2D eigenvalue weighted by molar-refractivity contribution is 6.01. The van der Waals surface area contributed by atoms with E-state index in [4.69, 9.17) is 14.2 Å². The van der Waals surface area contributed by atoms with Gasteiger partial charge < -0.3 is 24.4 Å². The maximum atomic E-state index is 17.4. The van der Waals surface area contributed by atoms with E-state index in [1.165, 1.54) is 18.2 Å². The number of ketones is 2. The Morgan fingerprint density at radius 1 is 1.13 bits per heavy atom. The number of carbonyl (C=O) groups is 2. The minimum absolute atomic E-state index is 0.0651. The molecule has 2 heterocycles. The molecule has 0 amide bonds. The number of aliphatic hydroxyl groups is 2. The normalized spacial score (nSPS) is 51.9. The monoisotopic (exact) mass is 548 g/mol. The molecule has 2 N–H and O–H groups in total. The molecule has 4 saturated carbocycles. The number of ether oxygens (including phenoxy) is 3. The first-order chi connectivity index (χ1) is 18.4. The van der Waals surface area contributed by atoms with Crippen molar-refractivity contribution in [2.24, 2.45) is 34.0 Å². The Bertz CT molecular complexity index is 1160. The predicted molar refractivity (Wildman–Crippen MR) is 134 cm³/mol. The average molecular weight is 549 g/mol. The number of halogens is 2. The Morgan fingerprint density at radius 2 is 1.85 bits per heavy atom. The summed E-state index contributed by atoms with van der Waals surface area (Å²) in [4.78, 5) is 25.7. The van der Waals surface area contributed by atoms with Gasteiger partial charge in [-0.3, -0.25) is 9.59 Å². The number of Topliss-reactive ketones (excluding diaryl/α,β-unsaturated/α-hetero) is 1. The standard InChI is InChI=1S/C30H38F2O7/c1-26-4-3-17(34)9-20(26)21(31)10-19-18-11-24-30(23(36)15-33,27(18,2)14-22(35)29(19,26)32)39-25(38-24)16-12-28(13-16)5-7-37-8-6-28/h3-4,9,16,18-19,21-22,24-25,33,35H,5-8,10-15H2,1-2H3/t18-,19-,21-,22-,24+,25+,26-,27-,29-,30+/m0/s1. The van der Waals surface area contributed by atoms with E-state index in [9.17, 15) is 19.8 Å². The lowest BCUT2D eigenvalue weighted by molar-refractivity contribution is -0.247. The van der Waals surface area contributed by atoms with E-state index in [1.807, 2.05) is 6.92 Å². The zero-order valence-electron chi connectivity index (χ0n) is 22.5. The van der Waals surface area contributed by atoms with Gasteiger partial charge in [0.25, 0.3) is 0 Å². The van der Waals surface area contributed by atoms with Gasteiger partial charge >= 0.3 is 0 Å². The highest BCUT2D eigenvalue weighted by Gasteiger charge is 2.80. The summed E-state index contributed by atoms with van der Waals surface area (Å²) in [5.41, 5.74) is -6.07. The molecule has 0 aromatic rings. The van der Waals surface area contributed by atoms with Crippen molar-refractivity contribution in [3.05, 3.63) is 23.8 Å². The van der Waals surface area contributed by atoms with E-state index in [-0.39, 0.29) is 36.2 Å². The lowest BCUT2D eigenvalue weighted by Gasteiger charge is -2.63. The molecule has 0 aromatic heterocycles. The van der Waals surface area contributed by atoms with Crippen LogP contribution in [-0.4, -0.2) is 77.5 Å². The zero-order chi connectivity index (χ0) is 27.6. The molecule has 39 heavy (non-hydrogen) atoms. The summed E-state index contributed by atoms with van der Waals surface area (Å²) >= 11 is 0. The number of rotatable bonds is 3. The number of carbonyl (C=O) groups excluding carboxylic acids is 2. The smallest absolute Gasteiger partial charge is 0.193 e. The zero-order valence-corrected chi connectivity index (χ0v) is 22.5. The Hall–Kier alpha value is -1.52. The minimum atomic E-state index is -2.24. The third-order valence-corrected chi connectivity index (χ3v) is 12.3. The molecule has 0 bridgehead atoms. The van der Waals surface area contributed by atoms with Crippen LogP contribution in [0.15, 0.2) is 23.8 Å². The fourth-order valence-corrected chi connectivity index (χ4v) is 10.3. The quantitative estimate of drug-likeness (QED) is 0.559. The van der Waals surface area contributed by atoms with Gasteiger partial charge in [-0.2, -0.15) is 0 Å². The van der Waals surface area contributed by atoms with E-state index < -0.39 is 76.8 Å². The molecular weight excluding hydrogens is 510 g/mol. The number of alkyl halides is 2. The van der Waals surface area contributed by atoms with Gasteiger partial charge in [0.15, 0.2) is 29.1 Å². The van der Waals surface area contributed by atoms with Gasteiger partial charge in [-0.1, -0.05) is 13.0 Å². The first kappa shape index (κ1) is 26.4. The second kappa shape index (κ2) is 8.28. The number of fused-ring (bicyclic) bond motifs is 7. The largest absolute Gasteiger partial charge is 0.390 e. The molecular formula is C30H38F2O7. The number of allylic oxidation sites excluding steroid dienone is 4. The molecule has 10 atom stereocenters. The van der Waals surface area contributed by atoms with Crippen LogP contribution in [0.3, 0.4) is 0 Å². The second-order valence-electron chi connectivity index (χ2n) is 13.8. The topological polar surface area (TPSA) is 102 Å². The molecule has 2 saturated heterocycles. The van der Waals surface area contributed by atoms with Gasteiger partial charge in [0.05, 0.1) is 12.2 Å². The van der Waals surface area contributed by atoms with Gasteiger partial charge in [-0.05, 0) is 80.9 Å². The molecule has 0 unspecified atom stereocenters. The highest BCUT2D eigenvalue weighted by atomic mass is 19.1. The van der Waals surface area contributed by atoms with Crippen LogP contribution in [-0.2, 0) is 23.8 Å². The van der Waals surface area contributed by atoms with Crippen LogP contribution < -0.4 is 0 Å². The molecule has 0 radical (unpaired) electrons. The van der Waals surface area contributed by atoms with E-state index >= 15 is 8.78 Å². The molecule has 214 valence electrons. The Kier molecular flexibility index (Phi) is 5.60. The van der Waals surface area contributed by atoms with Crippen LogP contribution >= 0.6 is 0 Å². The molecule has 5 aliphatic carbocycles. The molecule has 7 nitrogen and oxygen atoms in total. The summed E-state index contributed by atoms with van der Waals surface area (Å²) < 4.78 is 51.8. The van der Waals surface area contributed by atoms with Crippen LogP contribution in [0.5, 0.6) is 0 Å². The molecule has 7 aliphatic rings. The maximum absolute atomic E-state index is 17.4. The molecule has 6 fully saturated rings. The lowest BCUT2D eigenvalue weighted by atomic mass is 9.44. The number of hydrogen-bond acceptors (Lipinski definition) is 7.